The standard InChI is InChI=1S/C17H17Cl2NO3/c1-10(13-6-4-11(18)8-15(13)19)20(2)17(22)14-7-5-12(23-3)9-16(14)21/h4-10,21H,1-3H3. The highest BCUT2D eigenvalue weighted by Gasteiger charge is 2.23. The number of phenolic OH excluding ortho intramolecular Hbond substituents is 1. The molecule has 0 bridgehead atoms. The predicted octanol–water partition coefficient (Wildman–Crippen LogP) is 4.54. The van der Waals surface area contributed by atoms with Crippen LogP contribution in [-0.4, -0.2) is 30.1 Å². The van der Waals surface area contributed by atoms with Gasteiger partial charge in [-0.15, -0.1) is 0 Å². The van der Waals surface area contributed by atoms with Gasteiger partial charge in [-0.25, -0.2) is 0 Å². The van der Waals surface area contributed by atoms with Gasteiger partial charge < -0.3 is 14.7 Å². The molecule has 0 aliphatic heterocycles. The molecule has 0 aliphatic carbocycles. The molecule has 0 aromatic heterocycles. The summed E-state index contributed by atoms with van der Waals surface area (Å²) in [7, 11) is 3.15. The van der Waals surface area contributed by atoms with Gasteiger partial charge in [-0.1, -0.05) is 29.3 Å². The molecule has 1 N–H and O–H groups in total. The molecule has 1 unspecified atom stereocenters. The third-order valence-corrected chi connectivity index (χ3v) is 4.31. The fourth-order valence-corrected chi connectivity index (χ4v) is 2.80. The normalized spacial score (nSPS) is 11.9. The number of carbonyl (C=O) groups is 1. The number of hydrogen-bond acceptors (Lipinski definition) is 3. The van der Waals surface area contributed by atoms with Crippen molar-refractivity contribution in [1.82, 2.24) is 4.90 Å². The number of nitrogens with zero attached hydrogens (tertiary/aromatic N) is 1. The van der Waals surface area contributed by atoms with Gasteiger partial charge >= 0.3 is 0 Å². The van der Waals surface area contributed by atoms with E-state index in [-0.39, 0.29) is 23.3 Å². The first-order valence-electron chi connectivity index (χ1n) is 6.94. The summed E-state index contributed by atoms with van der Waals surface area (Å²) in [4.78, 5) is 14.1. The van der Waals surface area contributed by atoms with Gasteiger partial charge in [0.05, 0.1) is 18.7 Å². The molecule has 0 fully saturated rings. The molecule has 4 nitrogen and oxygen atoms in total. The quantitative estimate of drug-likeness (QED) is 0.877. The first-order valence-corrected chi connectivity index (χ1v) is 7.70. The van der Waals surface area contributed by atoms with Crippen molar-refractivity contribution in [3.63, 3.8) is 0 Å². The lowest BCUT2D eigenvalue weighted by molar-refractivity contribution is 0.0739. The summed E-state index contributed by atoms with van der Waals surface area (Å²) in [6, 6.07) is 9.42. The van der Waals surface area contributed by atoms with Gasteiger partial charge in [0.2, 0.25) is 0 Å². The van der Waals surface area contributed by atoms with Crippen molar-refractivity contribution in [2.75, 3.05) is 14.2 Å². The molecule has 0 heterocycles. The molecule has 2 aromatic rings. The number of halogens is 2. The predicted molar refractivity (Wildman–Crippen MR) is 91.6 cm³/mol. The Bertz CT molecular complexity index is 734. The topological polar surface area (TPSA) is 49.8 Å². The van der Waals surface area contributed by atoms with Gasteiger partial charge in [-0.2, -0.15) is 0 Å². The van der Waals surface area contributed by atoms with E-state index < -0.39 is 0 Å². The summed E-state index contributed by atoms with van der Waals surface area (Å²) in [6.45, 7) is 1.85. The number of hydrogen-bond donors (Lipinski definition) is 1. The number of aromatic hydroxyl groups is 1. The maximum Gasteiger partial charge on any atom is 0.257 e. The Hall–Kier alpha value is -1.91. The molecule has 1 atom stereocenters. The number of methoxy groups -OCH3 is 1. The number of ether oxygens (including phenoxy) is 1. The Kier molecular flexibility index (Phi) is 5.39. The summed E-state index contributed by atoms with van der Waals surface area (Å²) in [5.41, 5.74) is 0.977. The molecule has 2 aromatic carbocycles. The van der Waals surface area contributed by atoms with Gasteiger partial charge in [0.25, 0.3) is 5.91 Å². The van der Waals surface area contributed by atoms with Crippen molar-refractivity contribution >= 4 is 29.1 Å². The maximum atomic E-state index is 12.6. The second-order valence-corrected chi connectivity index (χ2v) is 5.98. The van der Waals surface area contributed by atoms with E-state index in [1.807, 2.05) is 6.92 Å². The van der Waals surface area contributed by atoms with Crippen LogP contribution in [0.2, 0.25) is 10.0 Å². The van der Waals surface area contributed by atoms with Crippen LogP contribution in [0.5, 0.6) is 11.5 Å². The van der Waals surface area contributed by atoms with E-state index in [2.05, 4.69) is 0 Å². The zero-order valence-electron chi connectivity index (χ0n) is 13.0. The molecule has 0 spiro atoms. The van der Waals surface area contributed by atoms with Crippen molar-refractivity contribution in [3.05, 3.63) is 57.6 Å². The molecular weight excluding hydrogens is 337 g/mol. The zero-order valence-corrected chi connectivity index (χ0v) is 14.5. The largest absolute Gasteiger partial charge is 0.507 e. The lowest BCUT2D eigenvalue weighted by atomic mass is 10.1. The van der Waals surface area contributed by atoms with Crippen LogP contribution < -0.4 is 4.74 Å². The van der Waals surface area contributed by atoms with Gasteiger partial charge in [0, 0.05) is 23.2 Å². The second-order valence-electron chi connectivity index (χ2n) is 5.14. The van der Waals surface area contributed by atoms with Crippen LogP contribution in [0.4, 0.5) is 0 Å². The minimum absolute atomic E-state index is 0.129. The molecule has 23 heavy (non-hydrogen) atoms. The summed E-state index contributed by atoms with van der Waals surface area (Å²) in [5.74, 6) is 0.0368. The number of phenols is 1. The smallest absolute Gasteiger partial charge is 0.257 e. The Balaban J connectivity index is 2.28. The maximum absolute atomic E-state index is 12.6. The van der Waals surface area contributed by atoms with Crippen molar-refractivity contribution < 1.29 is 14.6 Å². The van der Waals surface area contributed by atoms with Crippen LogP contribution >= 0.6 is 23.2 Å². The molecule has 0 saturated heterocycles. The molecule has 6 heteroatoms. The highest BCUT2D eigenvalue weighted by atomic mass is 35.5. The summed E-state index contributed by atoms with van der Waals surface area (Å²) < 4.78 is 5.02. The second kappa shape index (κ2) is 7.11. The fourth-order valence-electron chi connectivity index (χ4n) is 2.23. The zero-order chi connectivity index (χ0) is 17.1. The van der Waals surface area contributed by atoms with E-state index >= 15 is 0 Å². The van der Waals surface area contributed by atoms with E-state index in [1.54, 1.807) is 31.3 Å². The molecule has 2 rings (SSSR count). The summed E-state index contributed by atoms with van der Waals surface area (Å²) in [5, 5.41) is 11.0. The van der Waals surface area contributed by atoms with Gasteiger partial charge in [0.1, 0.15) is 11.5 Å². The van der Waals surface area contributed by atoms with Crippen molar-refractivity contribution in [1.29, 1.82) is 0 Å². The molecule has 122 valence electrons. The Morgan fingerprint density at radius 2 is 1.91 bits per heavy atom. The highest BCUT2D eigenvalue weighted by molar-refractivity contribution is 6.35. The average Bonchev–Trinajstić information content (AvgIpc) is 2.52. The van der Waals surface area contributed by atoms with Crippen LogP contribution in [0.25, 0.3) is 0 Å². The molecule has 0 radical (unpaired) electrons. The SMILES string of the molecule is COc1ccc(C(=O)N(C)C(C)c2ccc(Cl)cc2Cl)c(O)c1. The van der Waals surface area contributed by atoms with Crippen LogP contribution in [0.15, 0.2) is 36.4 Å². The summed E-state index contributed by atoms with van der Waals surface area (Å²) >= 11 is 12.1. The Morgan fingerprint density at radius 3 is 2.48 bits per heavy atom. The highest BCUT2D eigenvalue weighted by Crippen LogP contribution is 2.31. The lowest BCUT2D eigenvalue weighted by Crippen LogP contribution is -2.29. The van der Waals surface area contributed by atoms with Crippen LogP contribution in [-0.2, 0) is 0 Å². The van der Waals surface area contributed by atoms with Crippen LogP contribution in [0, 0.1) is 0 Å². The first-order chi connectivity index (χ1) is 10.8. The fraction of sp³-hybridized carbons (Fsp3) is 0.235. The minimum atomic E-state index is -0.316. The average molecular weight is 354 g/mol. The van der Waals surface area contributed by atoms with Crippen molar-refractivity contribution in [2.45, 2.75) is 13.0 Å². The third-order valence-electron chi connectivity index (χ3n) is 3.75. The lowest BCUT2D eigenvalue weighted by Gasteiger charge is -2.26. The van der Waals surface area contributed by atoms with Gasteiger partial charge in [-0.05, 0) is 36.8 Å². The third kappa shape index (κ3) is 3.71. The monoisotopic (exact) mass is 353 g/mol. The van der Waals surface area contributed by atoms with Crippen molar-refractivity contribution in [2.24, 2.45) is 0 Å². The molecule has 0 aliphatic rings. The first kappa shape index (κ1) is 17.4. The van der Waals surface area contributed by atoms with Crippen molar-refractivity contribution in [3.8, 4) is 11.5 Å². The van der Waals surface area contributed by atoms with E-state index in [4.69, 9.17) is 27.9 Å². The molecule has 0 saturated carbocycles. The van der Waals surface area contributed by atoms with E-state index in [0.29, 0.717) is 15.8 Å². The van der Waals surface area contributed by atoms with E-state index in [9.17, 15) is 9.90 Å². The Morgan fingerprint density at radius 1 is 1.22 bits per heavy atom. The Labute approximate surface area is 145 Å². The number of benzene rings is 2. The van der Waals surface area contributed by atoms with Crippen LogP contribution in [0.3, 0.4) is 0 Å². The van der Waals surface area contributed by atoms with Gasteiger partial charge in [0.15, 0.2) is 0 Å². The minimum Gasteiger partial charge on any atom is -0.507 e. The number of carbonyl (C=O) groups excluding carboxylic acids is 1. The number of rotatable bonds is 4. The van der Waals surface area contributed by atoms with E-state index in [1.165, 1.54) is 24.1 Å². The molecular formula is C17H17Cl2NO3. The number of amides is 1. The summed E-state index contributed by atoms with van der Waals surface area (Å²) in [6.07, 6.45) is 0. The van der Waals surface area contributed by atoms with Crippen LogP contribution in [0.1, 0.15) is 28.9 Å². The van der Waals surface area contributed by atoms with Gasteiger partial charge in [-0.3, -0.25) is 4.79 Å². The molecule has 1 amide bonds. The van der Waals surface area contributed by atoms with E-state index in [0.717, 1.165) is 5.56 Å².